The minimum absolute atomic E-state index is 0.0602. The average Bonchev–Trinajstić information content (AvgIpc) is 2.63. The zero-order valence-electron chi connectivity index (χ0n) is 10.6. The molecule has 1 aliphatic rings. The smallest absolute Gasteiger partial charge is 0.292 e. The van der Waals surface area contributed by atoms with Crippen molar-refractivity contribution in [3.63, 3.8) is 0 Å². The first-order valence-corrected chi connectivity index (χ1v) is 5.91. The molecule has 7 heteroatoms. The minimum Gasteiger partial charge on any atom is -0.292 e. The summed E-state index contributed by atoms with van der Waals surface area (Å²) in [5, 5.41) is 0. The number of benzene rings is 1. The molecule has 0 saturated carbocycles. The van der Waals surface area contributed by atoms with Crippen molar-refractivity contribution in [3.8, 4) is 0 Å². The summed E-state index contributed by atoms with van der Waals surface area (Å²) in [6, 6.07) is 3.90. The van der Waals surface area contributed by atoms with E-state index < -0.39 is 36.0 Å². The Morgan fingerprint density at radius 2 is 1.60 bits per heavy atom. The number of nitrogens with zero attached hydrogens (tertiary/aromatic N) is 2. The number of carbonyl (C=O) groups excluding carboxylic acids is 4. The molecule has 1 aromatic rings. The van der Waals surface area contributed by atoms with Gasteiger partial charge in [0, 0.05) is 12.1 Å². The van der Waals surface area contributed by atoms with E-state index in [1.165, 1.54) is 12.1 Å². The van der Waals surface area contributed by atoms with Crippen LogP contribution in [0, 0.1) is 5.82 Å². The maximum atomic E-state index is 12.7. The van der Waals surface area contributed by atoms with Crippen LogP contribution in [0.1, 0.15) is 17.3 Å². The number of ketones is 1. The number of rotatable bonds is 4. The minimum atomic E-state index is -1.02. The average molecular weight is 278 g/mol. The van der Waals surface area contributed by atoms with Crippen LogP contribution in [0.15, 0.2) is 24.3 Å². The van der Waals surface area contributed by atoms with Crippen molar-refractivity contribution >= 4 is 23.6 Å². The Hall–Kier alpha value is -2.57. The summed E-state index contributed by atoms with van der Waals surface area (Å²) in [5.41, 5.74) is 0.161. The fraction of sp³-hybridized carbons (Fsp3) is 0.231. The van der Waals surface area contributed by atoms with E-state index in [-0.39, 0.29) is 12.1 Å². The van der Waals surface area contributed by atoms with E-state index >= 15 is 0 Å². The second-order valence-electron chi connectivity index (χ2n) is 4.15. The highest BCUT2D eigenvalue weighted by Gasteiger charge is 2.44. The van der Waals surface area contributed by atoms with Gasteiger partial charge in [-0.15, -0.1) is 0 Å². The lowest BCUT2D eigenvalue weighted by Crippen LogP contribution is -2.36. The van der Waals surface area contributed by atoms with Crippen LogP contribution in [-0.2, 0) is 9.59 Å². The van der Waals surface area contributed by atoms with E-state index in [1.54, 1.807) is 6.92 Å². The molecule has 2 rings (SSSR count). The lowest BCUT2D eigenvalue weighted by Gasteiger charge is -2.13. The topological polar surface area (TPSA) is 74.8 Å². The molecule has 104 valence electrons. The van der Waals surface area contributed by atoms with Gasteiger partial charge in [0.25, 0.3) is 0 Å². The van der Waals surface area contributed by atoms with Crippen LogP contribution < -0.4 is 0 Å². The standard InChI is InChI=1S/C13H11FN2O4/c1-2-15-11(18)12(19)16(13(15)20)7-10(17)8-3-5-9(14)6-4-8/h3-6H,2,7H2,1H3. The Morgan fingerprint density at radius 1 is 1.05 bits per heavy atom. The molecule has 0 bridgehead atoms. The first-order valence-electron chi connectivity index (χ1n) is 5.91. The number of imide groups is 2. The summed E-state index contributed by atoms with van der Waals surface area (Å²) in [6.45, 7) is 1.07. The van der Waals surface area contributed by atoms with E-state index in [1.807, 2.05) is 0 Å². The molecule has 1 fully saturated rings. The van der Waals surface area contributed by atoms with Crippen molar-refractivity contribution in [1.82, 2.24) is 9.80 Å². The largest absolute Gasteiger partial charge is 0.334 e. The monoisotopic (exact) mass is 278 g/mol. The number of likely N-dealkylation sites (N-methyl/N-ethyl adjacent to an activating group) is 1. The van der Waals surface area contributed by atoms with E-state index in [2.05, 4.69) is 0 Å². The third kappa shape index (κ3) is 2.29. The molecule has 0 spiro atoms. The molecule has 1 heterocycles. The van der Waals surface area contributed by atoms with Gasteiger partial charge in [-0.2, -0.15) is 0 Å². The van der Waals surface area contributed by atoms with E-state index in [0.717, 1.165) is 17.0 Å². The van der Waals surface area contributed by atoms with Crippen molar-refractivity contribution in [2.75, 3.05) is 13.1 Å². The van der Waals surface area contributed by atoms with Crippen molar-refractivity contribution in [1.29, 1.82) is 0 Å². The van der Waals surface area contributed by atoms with E-state index in [9.17, 15) is 23.6 Å². The second kappa shape index (κ2) is 5.20. The third-order valence-electron chi connectivity index (χ3n) is 2.92. The van der Waals surface area contributed by atoms with Crippen LogP contribution in [0.5, 0.6) is 0 Å². The molecule has 1 aromatic carbocycles. The Bertz CT molecular complexity index is 597. The molecule has 1 aliphatic heterocycles. The Morgan fingerprint density at radius 3 is 2.10 bits per heavy atom. The van der Waals surface area contributed by atoms with Gasteiger partial charge < -0.3 is 0 Å². The summed E-state index contributed by atoms with van der Waals surface area (Å²) >= 11 is 0. The predicted octanol–water partition coefficient (Wildman–Crippen LogP) is 0.819. The second-order valence-corrected chi connectivity index (χ2v) is 4.15. The number of hydrogen-bond donors (Lipinski definition) is 0. The molecule has 0 atom stereocenters. The van der Waals surface area contributed by atoms with Gasteiger partial charge in [-0.05, 0) is 31.2 Å². The van der Waals surface area contributed by atoms with Crippen LogP contribution in [0.25, 0.3) is 0 Å². The number of hydrogen-bond acceptors (Lipinski definition) is 4. The molecule has 0 aromatic heterocycles. The van der Waals surface area contributed by atoms with Gasteiger partial charge in [-0.1, -0.05) is 0 Å². The van der Waals surface area contributed by atoms with Crippen molar-refractivity contribution in [3.05, 3.63) is 35.6 Å². The highest BCUT2D eigenvalue weighted by molar-refractivity contribution is 6.45. The van der Waals surface area contributed by atoms with Crippen molar-refractivity contribution in [2.24, 2.45) is 0 Å². The summed E-state index contributed by atoms with van der Waals surface area (Å²) in [4.78, 5) is 48.1. The maximum absolute atomic E-state index is 12.7. The molecule has 0 N–H and O–H groups in total. The van der Waals surface area contributed by atoms with Crippen LogP contribution >= 0.6 is 0 Å². The number of carbonyl (C=O) groups is 4. The molecule has 6 nitrogen and oxygen atoms in total. The lowest BCUT2D eigenvalue weighted by molar-refractivity contribution is -0.143. The maximum Gasteiger partial charge on any atom is 0.334 e. The predicted molar refractivity (Wildman–Crippen MR) is 65.2 cm³/mol. The highest BCUT2D eigenvalue weighted by Crippen LogP contribution is 2.13. The quantitative estimate of drug-likeness (QED) is 0.464. The number of amides is 4. The normalized spacial score (nSPS) is 15.2. The van der Waals surface area contributed by atoms with Gasteiger partial charge in [0.15, 0.2) is 5.78 Å². The highest BCUT2D eigenvalue weighted by atomic mass is 19.1. The molecular weight excluding hydrogens is 267 g/mol. The Balaban J connectivity index is 2.16. The zero-order valence-corrected chi connectivity index (χ0v) is 10.6. The summed E-state index contributed by atoms with van der Waals surface area (Å²) < 4.78 is 12.7. The molecule has 0 radical (unpaired) electrons. The Labute approximate surface area is 113 Å². The molecule has 0 aliphatic carbocycles. The van der Waals surface area contributed by atoms with Crippen LogP contribution in [0.2, 0.25) is 0 Å². The molecule has 4 amide bonds. The number of halogens is 1. The van der Waals surface area contributed by atoms with E-state index in [0.29, 0.717) is 4.90 Å². The zero-order chi connectivity index (χ0) is 14.9. The summed E-state index contributed by atoms with van der Waals surface area (Å²) in [6.07, 6.45) is 0. The van der Waals surface area contributed by atoms with Crippen LogP contribution in [0.3, 0.4) is 0 Å². The molecular formula is C13H11FN2O4. The third-order valence-corrected chi connectivity index (χ3v) is 2.92. The van der Waals surface area contributed by atoms with Gasteiger partial charge in [0.05, 0.1) is 6.54 Å². The first kappa shape index (κ1) is 13.9. The van der Waals surface area contributed by atoms with Crippen molar-refractivity contribution < 1.29 is 23.6 Å². The first-order chi connectivity index (χ1) is 9.45. The van der Waals surface area contributed by atoms with Crippen LogP contribution in [-0.4, -0.2) is 46.5 Å². The summed E-state index contributed by atoms with van der Waals surface area (Å²) in [7, 11) is 0. The fourth-order valence-electron chi connectivity index (χ4n) is 1.84. The van der Waals surface area contributed by atoms with Gasteiger partial charge in [-0.3, -0.25) is 19.3 Å². The molecule has 1 saturated heterocycles. The Kier molecular flexibility index (Phi) is 3.60. The molecule has 20 heavy (non-hydrogen) atoms. The van der Waals surface area contributed by atoms with Gasteiger partial charge >= 0.3 is 17.8 Å². The number of urea groups is 1. The summed E-state index contributed by atoms with van der Waals surface area (Å²) in [5.74, 6) is -3.00. The van der Waals surface area contributed by atoms with Gasteiger partial charge in [0.1, 0.15) is 5.82 Å². The molecule has 0 unspecified atom stereocenters. The number of Topliss-reactive ketones (excluding diaryl/α,β-unsaturated/α-hetero) is 1. The van der Waals surface area contributed by atoms with Crippen LogP contribution in [0.4, 0.5) is 9.18 Å². The van der Waals surface area contributed by atoms with Crippen molar-refractivity contribution in [2.45, 2.75) is 6.92 Å². The van der Waals surface area contributed by atoms with Gasteiger partial charge in [0.2, 0.25) is 0 Å². The lowest BCUT2D eigenvalue weighted by atomic mass is 10.1. The van der Waals surface area contributed by atoms with E-state index in [4.69, 9.17) is 0 Å². The van der Waals surface area contributed by atoms with Gasteiger partial charge in [-0.25, -0.2) is 14.1 Å². The SMILES string of the molecule is CCN1C(=O)C(=O)N(CC(=O)c2ccc(F)cc2)C1=O. The fourth-order valence-corrected chi connectivity index (χ4v) is 1.84.